The lowest BCUT2D eigenvalue weighted by atomic mass is 10.0. The van der Waals surface area contributed by atoms with Gasteiger partial charge in [-0.1, -0.05) is 25.2 Å². The summed E-state index contributed by atoms with van der Waals surface area (Å²) < 4.78 is 0. The number of piperidine rings is 1. The summed E-state index contributed by atoms with van der Waals surface area (Å²) >= 11 is 0. The summed E-state index contributed by atoms with van der Waals surface area (Å²) in [4.78, 5) is 4.51. The molecule has 0 aromatic heterocycles. The van der Waals surface area contributed by atoms with Crippen molar-refractivity contribution in [3.05, 3.63) is 23.8 Å². The van der Waals surface area contributed by atoms with Gasteiger partial charge in [-0.15, -0.1) is 0 Å². The van der Waals surface area contributed by atoms with Crippen LogP contribution in [0.25, 0.3) is 0 Å². The van der Waals surface area contributed by atoms with E-state index in [0.717, 1.165) is 45.4 Å². The number of nitrogens with zero attached hydrogens (tertiary/aromatic N) is 3. The molecule has 0 N–H and O–H groups in total. The maximum atomic E-state index is 9.18. The summed E-state index contributed by atoms with van der Waals surface area (Å²) in [6.07, 6.45) is 15.0. The topological polar surface area (TPSA) is 30.3 Å². The van der Waals surface area contributed by atoms with Crippen molar-refractivity contribution >= 4 is 0 Å². The molecule has 0 radical (unpaired) electrons. The van der Waals surface area contributed by atoms with Crippen molar-refractivity contribution in [2.24, 2.45) is 0 Å². The summed E-state index contributed by atoms with van der Waals surface area (Å²) in [5, 5.41) is 9.18. The fourth-order valence-electron chi connectivity index (χ4n) is 2.99. The van der Waals surface area contributed by atoms with Crippen LogP contribution in [-0.2, 0) is 0 Å². The predicted molar refractivity (Wildman–Crippen MR) is 78.5 cm³/mol. The van der Waals surface area contributed by atoms with Crippen LogP contribution < -0.4 is 0 Å². The molecule has 1 saturated heterocycles. The largest absolute Gasteiger partial charge is 0.308 e. The minimum absolute atomic E-state index is 0.470. The zero-order chi connectivity index (χ0) is 13.5. The highest BCUT2D eigenvalue weighted by molar-refractivity contribution is 5.23. The van der Waals surface area contributed by atoms with Crippen LogP contribution in [0.1, 0.15) is 39.0 Å². The van der Waals surface area contributed by atoms with Crippen molar-refractivity contribution in [1.29, 1.82) is 5.26 Å². The molecule has 3 nitrogen and oxygen atoms in total. The van der Waals surface area contributed by atoms with Gasteiger partial charge in [0.25, 0.3) is 0 Å². The second-order valence-corrected chi connectivity index (χ2v) is 5.56. The lowest BCUT2D eigenvalue weighted by Crippen LogP contribution is -2.43. The molecule has 1 aliphatic heterocycles. The highest BCUT2D eigenvalue weighted by Crippen LogP contribution is 2.19. The molecule has 0 saturated carbocycles. The van der Waals surface area contributed by atoms with Crippen LogP contribution in [0.5, 0.6) is 0 Å². The fourth-order valence-corrected chi connectivity index (χ4v) is 2.99. The average Bonchev–Trinajstić information content (AvgIpc) is 2.47. The van der Waals surface area contributed by atoms with Gasteiger partial charge >= 0.3 is 0 Å². The van der Waals surface area contributed by atoms with E-state index < -0.39 is 0 Å². The second-order valence-electron chi connectivity index (χ2n) is 5.56. The van der Waals surface area contributed by atoms with Crippen molar-refractivity contribution in [1.82, 2.24) is 9.80 Å². The first-order valence-electron chi connectivity index (χ1n) is 7.57. The molecule has 0 bridgehead atoms. The zero-order valence-corrected chi connectivity index (χ0v) is 12.0. The molecule has 0 unspecified atom stereocenters. The van der Waals surface area contributed by atoms with E-state index >= 15 is 0 Å². The van der Waals surface area contributed by atoms with E-state index in [0.29, 0.717) is 6.04 Å². The highest BCUT2D eigenvalue weighted by Gasteiger charge is 2.23. The lowest BCUT2D eigenvalue weighted by Gasteiger charge is -2.36. The van der Waals surface area contributed by atoms with E-state index in [-0.39, 0.29) is 0 Å². The van der Waals surface area contributed by atoms with Crippen LogP contribution in [0, 0.1) is 11.5 Å². The van der Waals surface area contributed by atoms with Gasteiger partial charge in [0.05, 0.1) is 0 Å². The van der Waals surface area contributed by atoms with Crippen molar-refractivity contribution < 1.29 is 0 Å². The maximum Gasteiger partial charge on any atom is 0.179 e. The van der Waals surface area contributed by atoms with Gasteiger partial charge in [0.2, 0.25) is 0 Å². The number of rotatable bonds is 5. The molecule has 1 aliphatic carbocycles. The van der Waals surface area contributed by atoms with Crippen LogP contribution in [-0.4, -0.2) is 42.0 Å². The molecule has 19 heavy (non-hydrogen) atoms. The first-order valence-corrected chi connectivity index (χ1v) is 7.57. The van der Waals surface area contributed by atoms with Crippen LogP contribution in [0.3, 0.4) is 0 Å². The van der Waals surface area contributed by atoms with E-state index in [1.165, 1.54) is 18.4 Å². The fraction of sp³-hybridized carbons (Fsp3) is 0.688. The van der Waals surface area contributed by atoms with Gasteiger partial charge in [0.1, 0.15) is 0 Å². The monoisotopic (exact) mass is 259 g/mol. The highest BCUT2D eigenvalue weighted by atomic mass is 15.2. The second kappa shape index (κ2) is 7.35. The Hall–Kier alpha value is -1.27. The Morgan fingerprint density at radius 2 is 2.16 bits per heavy atom. The van der Waals surface area contributed by atoms with Crippen LogP contribution in [0.2, 0.25) is 0 Å². The Balaban J connectivity index is 1.77. The van der Waals surface area contributed by atoms with Gasteiger partial charge in [-0.05, 0) is 37.7 Å². The molecular weight excluding hydrogens is 234 g/mol. The van der Waals surface area contributed by atoms with Crippen LogP contribution in [0.4, 0.5) is 0 Å². The first kappa shape index (κ1) is 14.1. The smallest absolute Gasteiger partial charge is 0.179 e. The lowest BCUT2D eigenvalue weighted by molar-refractivity contribution is 0.154. The number of nitriles is 1. The van der Waals surface area contributed by atoms with Gasteiger partial charge in [-0.3, -0.25) is 4.90 Å². The third-order valence-corrected chi connectivity index (χ3v) is 4.07. The maximum absolute atomic E-state index is 9.18. The summed E-state index contributed by atoms with van der Waals surface area (Å²) in [5.74, 6) is 0. The summed E-state index contributed by atoms with van der Waals surface area (Å²) in [7, 11) is 0. The Bertz CT molecular complexity index is 370. The number of allylic oxidation sites excluding steroid dienone is 2. The molecule has 2 rings (SSSR count). The molecule has 1 fully saturated rings. The summed E-state index contributed by atoms with van der Waals surface area (Å²) in [5.41, 5.74) is 1.47. The standard InChI is InChI=1S/C16H25N3/c1-2-10-19(14-17)16-8-11-18(12-9-16)13-15-6-4-3-5-7-15/h4,6-7,16H,2-3,5,8-13H2,1H3. The normalized spacial score (nSPS) is 20.9. The first-order chi connectivity index (χ1) is 9.33. The molecule has 2 aliphatic rings. The molecule has 1 heterocycles. The molecular formula is C16H25N3. The average molecular weight is 259 g/mol. The minimum Gasteiger partial charge on any atom is -0.308 e. The third-order valence-electron chi connectivity index (χ3n) is 4.07. The molecule has 104 valence electrons. The summed E-state index contributed by atoms with van der Waals surface area (Å²) in [6.45, 7) is 6.38. The summed E-state index contributed by atoms with van der Waals surface area (Å²) in [6, 6.07) is 0.470. The van der Waals surface area contributed by atoms with Gasteiger partial charge < -0.3 is 4.90 Å². The van der Waals surface area contributed by atoms with Crippen molar-refractivity contribution in [3.8, 4) is 6.19 Å². The van der Waals surface area contributed by atoms with Gasteiger partial charge in [-0.2, -0.15) is 5.26 Å². The Kier molecular flexibility index (Phi) is 5.47. The van der Waals surface area contributed by atoms with Crippen molar-refractivity contribution in [2.45, 2.75) is 45.1 Å². The quantitative estimate of drug-likeness (QED) is 0.562. The number of hydrogen-bond acceptors (Lipinski definition) is 3. The van der Waals surface area contributed by atoms with E-state index in [1.807, 2.05) is 4.90 Å². The van der Waals surface area contributed by atoms with Crippen molar-refractivity contribution in [2.75, 3.05) is 26.2 Å². The molecule has 0 aromatic rings. The van der Waals surface area contributed by atoms with Crippen molar-refractivity contribution in [3.63, 3.8) is 0 Å². The predicted octanol–water partition coefficient (Wildman–Crippen LogP) is 2.92. The van der Waals surface area contributed by atoms with Gasteiger partial charge in [-0.25, -0.2) is 0 Å². The molecule has 0 aromatic carbocycles. The van der Waals surface area contributed by atoms with Gasteiger partial charge in [0.15, 0.2) is 6.19 Å². The van der Waals surface area contributed by atoms with E-state index in [2.05, 4.69) is 36.2 Å². The molecule has 0 amide bonds. The number of likely N-dealkylation sites (tertiary alicyclic amines) is 1. The van der Waals surface area contributed by atoms with Gasteiger partial charge in [0, 0.05) is 32.2 Å². The Labute approximate surface area is 117 Å². The van der Waals surface area contributed by atoms with E-state index in [4.69, 9.17) is 0 Å². The minimum atomic E-state index is 0.470. The molecule has 0 spiro atoms. The van der Waals surface area contributed by atoms with E-state index in [9.17, 15) is 5.26 Å². The Morgan fingerprint density at radius 1 is 1.37 bits per heavy atom. The molecule has 0 atom stereocenters. The third kappa shape index (κ3) is 4.11. The van der Waals surface area contributed by atoms with E-state index in [1.54, 1.807) is 0 Å². The molecule has 3 heteroatoms. The zero-order valence-electron chi connectivity index (χ0n) is 12.0. The van der Waals surface area contributed by atoms with Crippen LogP contribution in [0.15, 0.2) is 23.8 Å². The Morgan fingerprint density at radius 3 is 2.74 bits per heavy atom. The SMILES string of the molecule is CCCN(C#N)C1CCN(CC2=CCCC=C2)CC1. The number of hydrogen-bond donors (Lipinski definition) is 0. The van der Waals surface area contributed by atoms with Crippen LogP contribution >= 0.6 is 0 Å².